The minimum Gasteiger partial charge on any atom is -0.434 e. The molecule has 0 spiro atoms. The molecule has 0 aliphatic heterocycles. The van der Waals surface area contributed by atoms with Crippen LogP contribution in [-0.2, 0) is 11.8 Å². The van der Waals surface area contributed by atoms with Crippen molar-refractivity contribution in [2.24, 2.45) is 7.05 Å². The Morgan fingerprint density at radius 2 is 2.08 bits per heavy atom. The minimum absolute atomic E-state index is 0.0210. The predicted molar refractivity (Wildman–Crippen MR) is 86.6 cm³/mol. The van der Waals surface area contributed by atoms with Crippen molar-refractivity contribution >= 4 is 12.0 Å². The zero-order chi connectivity index (χ0) is 17.7. The Balaban J connectivity index is 2.04. The molecule has 1 N–H and O–H groups in total. The van der Waals surface area contributed by atoms with Crippen molar-refractivity contribution in [3.05, 3.63) is 53.4 Å². The van der Waals surface area contributed by atoms with Gasteiger partial charge in [0.15, 0.2) is 0 Å². The number of halogens is 2. The minimum atomic E-state index is -2.91. The molecular formula is C17H19F2N3O2. The highest BCUT2D eigenvalue weighted by Gasteiger charge is 2.13. The fourth-order valence-electron chi connectivity index (χ4n) is 2.27. The van der Waals surface area contributed by atoms with Crippen molar-refractivity contribution in [3.8, 4) is 5.75 Å². The number of aromatic nitrogens is 2. The molecule has 1 heterocycles. The first-order valence-electron chi connectivity index (χ1n) is 7.39. The predicted octanol–water partition coefficient (Wildman–Crippen LogP) is 3.22. The number of hydrogen-bond acceptors (Lipinski definition) is 3. The third kappa shape index (κ3) is 4.41. The Morgan fingerprint density at radius 1 is 1.38 bits per heavy atom. The lowest BCUT2D eigenvalue weighted by molar-refractivity contribution is -0.117. The number of carbonyl (C=O) groups excluding carboxylic acids is 1. The molecular weight excluding hydrogens is 316 g/mol. The van der Waals surface area contributed by atoms with Crippen molar-refractivity contribution in [1.29, 1.82) is 0 Å². The van der Waals surface area contributed by atoms with Gasteiger partial charge in [-0.05, 0) is 26.0 Å². The third-order valence-electron chi connectivity index (χ3n) is 3.65. The number of ether oxygens (including phenoxy) is 1. The van der Waals surface area contributed by atoms with Gasteiger partial charge in [0.25, 0.3) is 0 Å². The third-order valence-corrected chi connectivity index (χ3v) is 3.65. The lowest BCUT2D eigenvalue weighted by Gasteiger charge is -2.12. The van der Waals surface area contributed by atoms with Gasteiger partial charge in [-0.25, -0.2) is 0 Å². The molecule has 5 nitrogen and oxygen atoms in total. The fraction of sp³-hybridized carbons (Fsp3) is 0.294. The van der Waals surface area contributed by atoms with Crippen LogP contribution in [-0.4, -0.2) is 22.3 Å². The molecule has 1 aromatic heterocycles. The van der Waals surface area contributed by atoms with E-state index in [9.17, 15) is 13.6 Å². The normalized spacial score (nSPS) is 12.6. The van der Waals surface area contributed by atoms with Crippen molar-refractivity contribution in [2.45, 2.75) is 26.5 Å². The second kappa shape index (κ2) is 7.72. The van der Waals surface area contributed by atoms with Gasteiger partial charge in [-0.3, -0.25) is 9.48 Å². The summed E-state index contributed by atoms with van der Waals surface area (Å²) in [5.74, 6) is -0.315. The maximum absolute atomic E-state index is 12.4. The topological polar surface area (TPSA) is 56.1 Å². The van der Waals surface area contributed by atoms with Gasteiger partial charge in [0, 0.05) is 29.9 Å². The zero-order valence-corrected chi connectivity index (χ0v) is 13.7. The van der Waals surface area contributed by atoms with Crippen LogP contribution in [0.15, 0.2) is 36.5 Å². The van der Waals surface area contributed by atoms with Gasteiger partial charge in [-0.2, -0.15) is 13.9 Å². The summed E-state index contributed by atoms with van der Waals surface area (Å²) in [6, 6.07) is 6.06. The molecule has 0 bridgehead atoms. The van der Waals surface area contributed by atoms with Crippen molar-refractivity contribution in [1.82, 2.24) is 15.1 Å². The summed E-state index contributed by atoms with van der Waals surface area (Å²) in [6.45, 7) is 0.851. The number of hydrogen-bond donors (Lipinski definition) is 1. The van der Waals surface area contributed by atoms with Crippen molar-refractivity contribution in [2.75, 3.05) is 0 Å². The summed E-state index contributed by atoms with van der Waals surface area (Å²) in [5, 5.41) is 6.95. The van der Waals surface area contributed by atoms with E-state index in [0.29, 0.717) is 5.56 Å². The highest BCUT2D eigenvalue weighted by atomic mass is 19.3. The van der Waals surface area contributed by atoms with Crippen LogP contribution < -0.4 is 10.1 Å². The average molecular weight is 335 g/mol. The molecule has 1 unspecified atom stereocenters. The van der Waals surface area contributed by atoms with E-state index in [1.165, 1.54) is 18.2 Å². The molecule has 2 rings (SSSR count). The van der Waals surface area contributed by atoms with E-state index in [1.807, 2.05) is 20.9 Å². The van der Waals surface area contributed by atoms with E-state index in [1.54, 1.807) is 29.1 Å². The number of nitrogens with zero attached hydrogens (tertiary/aromatic N) is 2. The van der Waals surface area contributed by atoms with Crippen LogP contribution in [0, 0.1) is 6.92 Å². The summed E-state index contributed by atoms with van der Waals surface area (Å²) in [6.07, 6.45) is 4.43. The molecule has 0 aliphatic carbocycles. The van der Waals surface area contributed by atoms with Crippen LogP contribution in [0.3, 0.4) is 0 Å². The molecule has 1 aromatic carbocycles. The van der Waals surface area contributed by atoms with Gasteiger partial charge in [0.1, 0.15) is 5.75 Å². The van der Waals surface area contributed by atoms with Crippen LogP contribution >= 0.6 is 0 Å². The first-order valence-corrected chi connectivity index (χ1v) is 7.39. The Morgan fingerprint density at radius 3 is 2.71 bits per heavy atom. The maximum atomic E-state index is 12.4. The largest absolute Gasteiger partial charge is 0.434 e. The number of amides is 1. The van der Waals surface area contributed by atoms with E-state index >= 15 is 0 Å². The molecule has 2 aromatic rings. The highest BCUT2D eigenvalue weighted by molar-refractivity contribution is 5.92. The number of rotatable bonds is 6. The number of aryl methyl sites for hydroxylation is 1. The number of para-hydroxylation sites is 1. The van der Waals surface area contributed by atoms with Gasteiger partial charge in [-0.1, -0.05) is 18.2 Å². The summed E-state index contributed by atoms with van der Waals surface area (Å²) in [5.41, 5.74) is 2.28. The molecule has 0 fully saturated rings. The van der Waals surface area contributed by atoms with Gasteiger partial charge in [-0.15, -0.1) is 0 Å². The Labute approximate surface area is 138 Å². The quantitative estimate of drug-likeness (QED) is 0.825. The second-order valence-electron chi connectivity index (χ2n) is 5.29. The molecule has 24 heavy (non-hydrogen) atoms. The summed E-state index contributed by atoms with van der Waals surface area (Å²) in [7, 11) is 1.83. The highest BCUT2D eigenvalue weighted by Crippen LogP contribution is 2.21. The summed E-state index contributed by atoms with van der Waals surface area (Å²) >= 11 is 0. The van der Waals surface area contributed by atoms with Gasteiger partial charge < -0.3 is 10.1 Å². The van der Waals surface area contributed by atoms with Crippen LogP contribution in [0.25, 0.3) is 6.08 Å². The van der Waals surface area contributed by atoms with Crippen molar-refractivity contribution in [3.63, 3.8) is 0 Å². The molecule has 1 amide bonds. The number of alkyl halides is 2. The van der Waals surface area contributed by atoms with Gasteiger partial charge in [0.2, 0.25) is 5.91 Å². The number of benzene rings is 1. The molecule has 7 heteroatoms. The standard InChI is InChI=1S/C17H19F2N3O2/c1-11(14-10-20-22(3)12(14)2)21-16(23)9-8-13-6-4-5-7-15(13)24-17(18)19/h4-11,17H,1-3H3,(H,21,23)/b9-8+. The van der Waals surface area contributed by atoms with Crippen molar-refractivity contribution < 1.29 is 18.3 Å². The van der Waals surface area contributed by atoms with Crippen LogP contribution in [0.5, 0.6) is 5.75 Å². The molecule has 0 aliphatic rings. The van der Waals surface area contributed by atoms with Gasteiger partial charge >= 0.3 is 6.61 Å². The number of carbonyl (C=O) groups is 1. The Kier molecular flexibility index (Phi) is 5.68. The fourth-order valence-corrected chi connectivity index (χ4v) is 2.27. The number of nitrogens with one attached hydrogen (secondary N) is 1. The SMILES string of the molecule is Cc1c(C(C)NC(=O)/C=C/c2ccccc2OC(F)F)cnn1C. The van der Waals surface area contributed by atoms with Gasteiger partial charge in [0.05, 0.1) is 12.2 Å². The van der Waals surface area contributed by atoms with Crippen LogP contribution in [0.2, 0.25) is 0 Å². The molecule has 0 radical (unpaired) electrons. The average Bonchev–Trinajstić information content (AvgIpc) is 2.85. The molecule has 0 saturated carbocycles. The van der Waals surface area contributed by atoms with E-state index in [4.69, 9.17) is 0 Å². The first kappa shape index (κ1) is 17.7. The second-order valence-corrected chi connectivity index (χ2v) is 5.29. The Hall–Kier alpha value is -2.70. The molecule has 128 valence electrons. The van der Waals surface area contributed by atoms with Crippen LogP contribution in [0.1, 0.15) is 29.8 Å². The molecule has 0 saturated heterocycles. The lowest BCUT2D eigenvalue weighted by Crippen LogP contribution is -2.25. The van der Waals surface area contributed by atoms with Crippen LogP contribution in [0.4, 0.5) is 8.78 Å². The Bertz CT molecular complexity index is 741. The van der Waals surface area contributed by atoms with E-state index in [2.05, 4.69) is 15.2 Å². The lowest BCUT2D eigenvalue weighted by atomic mass is 10.1. The zero-order valence-electron chi connectivity index (χ0n) is 13.7. The summed E-state index contributed by atoms with van der Waals surface area (Å²) < 4.78 is 30.9. The smallest absolute Gasteiger partial charge is 0.387 e. The molecule has 1 atom stereocenters. The van der Waals surface area contributed by atoms with E-state index in [-0.39, 0.29) is 17.7 Å². The van der Waals surface area contributed by atoms with E-state index < -0.39 is 6.61 Å². The summed E-state index contributed by atoms with van der Waals surface area (Å²) in [4.78, 5) is 12.0. The first-order chi connectivity index (χ1) is 11.4. The van der Waals surface area contributed by atoms with E-state index in [0.717, 1.165) is 11.3 Å². The maximum Gasteiger partial charge on any atom is 0.387 e. The monoisotopic (exact) mass is 335 g/mol.